The van der Waals surface area contributed by atoms with Gasteiger partial charge in [-0.25, -0.2) is 9.78 Å². The topological polar surface area (TPSA) is 88.5 Å². The predicted molar refractivity (Wildman–Crippen MR) is 132 cm³/mol. The molecule has 1 heterocycles. The molecule has 0 unspecified atom stereocenters. The van der Waals surface area contributed by atoms with Crippen LogP contribution in [-0.2, 0) is 5.41 Å². The average Bonchev–Trinajstić information content (AvgIpc) is 2.84. The maximum absolute atomic E-state index is 12.8. The first kappa shape index (κ1) is 21.8. The molecule has 4 aliphatic rings. The van der Waals surface area contributed by atoms with Crippen LogP contribution in [0.15, 0.2) is 66.7 Å². The van der Waals surface area contributed by atoms with Crippen molar-refractivity contribution in [3.8, 4) is 11.6 Å². The first-order valence-electron chi connectivity index (χ1n) is 12.4. The fraction of sp³-hybridized carbons (Fsp3) is 0.345. The normalized spacial score (nSPS) is 26.3. The van der Waals surface area contributed by atoms with Crippen molar-refractivity contribution in [1.29, 1.82) is 0 Å². The zero-order chi connectivity index (χ0) is 24.0. The molecule has 2 aromatic carbocycles. The number of aromatic nitrogens is 1. The van der Waals surface area contributed by atoms with Crippen molar-refractivity contribution in [3.63, 3.8) is 0 Å². The largest absolute Gasteiger partial charge is 0.477 e. The first-order valence-corrected chi connectivity index (χ1v) is 12.4. The van der Waals surface area contributed by atoms with Crippen molar-refractivity contribution < 1.29 is 19.4 Å². The van der Waals surface area contributed by atoms with E-state index in [0.717, 1.165) is 23.4 Å². The third-order valence-electron chi connectivity index (χ3n) is 8.07. The molecule has 1 aromatic heterocycles. The number of anilines is 1. The summed E-state index contributed by atoms with van der Waals surface area (Å²) in [6.07, 6.45) is 8.28. The van der Waals surface area contributed by atoms with Gasteiger partial charge in [-0.3, -0.25) is 4.79 Å². The van der Waals surface area contributed by atoms with Crippen molar-refractivity contribution in [2.75, 3.05) is 5.32 Å². The molecule has 0 radical (unpaired) electrons. The Morgan fingerprint density at radius 1 is 0.857 bits per heavy atom. The molecule has 4 bridgehead atoms. The molecule has 2 N–H and O–H groups in total. The summed E-state index contributed by atoms with van der Waals surface area (Å²) in [4.78, 5) is 27.8. The smallest absolute Gasteiger partial charge is 0.354 e. The van der Waals surface area contributed by atoms with Crippen LogP contribution in [0.1, 0.15) is 64.9 Å². The second-order valence-electron chi connectivity index (χ2n) is 10.5. The Hall–Kier alpha value is -3.67. The number of amides is 1. The standard InChI is InChI=1S/C29H28N2O4/c32-27(21-4-10-24(11-5-21)35-26-3-1-2-25(31-26)28(33)34)30-23-8-6-22(7-9-23)29-15-18-12-19(16-29)14-20(13-18)17-29/h1-11,18-20H,12-17H2,(H,30,32)(H,33,34). The summed E-state index contributed by atoms with van der Waals surface area (Å²) >= 11 is 0. The van der Waals surface area contributed by atoms with E-state index in [-0.39, 0.29) is 17.5 Å². The Morgan fingerprint density at radius 2 is 1.49 bits per heavy atom. The van der Waals surface area contributed by atoms with E-state index in [4.69, 9.17) is 9.84 Å². The number of pyridine rings is 1. The molecule has 1 amide bonds. The fourth-order valence-corrected chi connectivity index (χ4v) is 6.96. The van der Waals surface area contributed by atoms with E-state index < -0.39 is 5.97 Å². The molecule has 7 rings (SSSR count). The molecular formula is C29H28N2O4. The minimum Gasteiger partial charge on any atom is -0.477 e. The second kappa shape index (κ2) is 8.52. The Morgan fingerprint density at radius 3 is 2.09 bits per heavy atom. The summed E-state index contributed by atoms with van der Waals surface area (Å²) in [5.41, 5.74) is 3.00. The Balaban J connectivity index is 1.10. The van der Waals surface area contributed by atoms with Crippen LogP contribution >= 0.6 is 0 Å². The molecular weight excluding hydrogens is 440 g/mol. The van der Waals surface area contributed by atoms with Crippen LogP contribution in [0.2, 0.25) is 0 Å². The molecule has 178 valence electrons. The minimum absolute atomic E-state index is 0.0901. The number of nitrogens with zero attached hydrogens (tertiary/aromatic N) is 1. The van der Waals surface area contributed by atoms with E-state index in [1.807, 2.05) is 12.1 Å². The van der Waals surface area contributed by atoms with Gasteiger partial charge in [-0.1, -0.05) is 18.2 Å². The summed E-state index contributed by atoms with van der Waals surface area (Å²) in [5.74, 6) is 2.06. The molecule has 0 saturated heterocycles. The van der Waals surface area contributed by atoms with Crippen molar-refractivity contribution in [1.82, 2.24) is 4.98 Å². The number of rotatable bonds is 6. The van der Waals surface area contributed by atoms with Crippen molar-refractivity contribution in [2.24, 2.45) is 17.8 Å². The van der Waals surface area contributed by atoms with E-state index in [2.05, 4.69) is 22.4 Å². The highest BCUT2D eigenvalue weighted by molar-refractivity contribution is 6.04. The van der Waals surface area contributed by atoms with Gasteiger partial charge in [0.15, 0.2) is 5.69 Å². The van der Waals surface area contributed by atoms with Crippen LogP contribution in [0.4, 0.5) is 5.69 Å². The highest BCUT2D eigenvalue weighted by Gasteiger charge is 2.51. The maximum atomic E-state index is 12.8. The van der Waals surface area contributed by atoms with Gasteiger partial charge in [0.1, 0.15) is 5.75 Å². The lowest BCUT2D eigenvalue weighted by Gasteiger charge is -2.57. The van der Waals surface area contributed by atoms with Gasteiger partial charge < -0.3 is 15.2 Å². The lowest BCUT2D eigenvalue weighted by atomic mass is 9.48. The van der Waals surface area contributed by atoms with Gasteiger partial charge in [0.25, 0.3) is 5.91 Å². The van der Waals surface area contributed by atoms with Crippen LogP contribution in [0.25, 0.3) is 0 Å². The zero-order valence-corrected chi connectivity index (χ0v) is 19.4. The average molecular weight is 469 g/mol. The summed E-state index contributed by atoms with van der Waals surface area (Å²) in [6, 6.07) is 19.7. The lowest BCUT2D eigenvalue weighted by molar-refractivity contribution is -0.00518. The number of carboxylic acid groups (broad SMARTS) is 1. The quantitative estimate of drug-likeness (QED) is 0.444. The maximum Gasteiger partial charge on any atom is 0.354 e. The number of aromatic carboxylic acids is 1. The minimum atomic E-state index is -1.12. The summed E-state index contributed by atoms with van der Waals surface area (Å²) in [6.45, 7) is 0. The SMILES string of the molecule is O=C(Nc1ccc(C23CC4CC(CC(C4)C2)C3)cc1)c1ccc(Oc2cccc(C(=O)O)n2)cc1. The van der Waals surface area contributed by atoms with Gasteiger partial charge in [0.05, 0.1) is 0 Å². The number of carbonyl (C=O) groups is 2. The van der Waals surface area contributed by atoms with Crippen molar-refractivity contribution in [2.45, 2.75) is 43.9 Å². The molecule has 35 heavy (non-hydrogen) atoms. The van der Waals surface area contributed by atoms with Crippen molar-refractivity contribution in [3.05, 3.63) is 83.6 Å². The fourth-order valence-electron chi connectivity index (χ4n) is 6.96. The third kappa shape index (κ3) is 4.29. The Kier molecular flexibility index (Phi) is 5.32. The van der Waals surface area contributed by atoms with E-state index in [9.17, 15) is 9.59 Å². The summed E-state index contributed by atoms with van der Waals surface area (Å²) < 4.78 is 5.63. The highest BCUT2D eigenvalue weighted by Crippen LogP contribution is 2.60. The van der Waals surface area contributed by atoms with Gasteiger partial charge in [0.2, 0.25) is 5.88 Å². The van der Waals surface area contributed by atoms with Crippen LogP contribution in [0, 0.1) is 17.8 Å². The van der Waals surface area contributed by atoms with Gasteiger partial charge in [0, 0.05) is 17.3 Å². The molecule has 0 atom stereocenters. The number of hydrogen-bond acceptors (Lipinski definition) is 4. The van der Waals surface area contributed by atoms with Crippen molar-refractivity contribution >= 4 is 17.6 Å². The molecule has 4 aliphatic carbocycles. The van der Waals surface area contributed by atoms with Crippen LogP contribution < -0.4 is 10.1 Å². The van der Waals surface area contributed by atoms with Gasteiger partial charge in [-0.05, 0) is 110 Å². The van der Waals surface area contributed by atoms with E-state index in [1.165, 1.54) is 50.2 Å². The summed E-state index contributed by atoms with van der Waals surface area (Å²) in [5, 5.41) is 12.1. The van der Waals surface area contributed by atoms with Crippen LogP contribution in [-0.4, -0.2) is 22.0 Å². The number of carboxylic acids is 1. The highest BCUT2D eigenvalue weighted by atomic mass is 16.5. The number of nitrogens with one attached hydrogen (secondary N) is 1. The zero-order valence-electron chi connectivity index (χ0n) is 19.4. The molecule has 0 aliphatic heterocycles. The van der Waals surface area contributed by atoms with Gasteiger partial charge in [-0.2, -0.15) is 0 Å². The molecule has 0 spiro atoms. The Labute approximate surface area is 204 Å². The van der Waals surface area contributed by atoms with E-state index in [0.29, 0.717) is 16.7 Å². The number of ether oxygens (including phenoxy) is 1. The van der Waals surface area contributed by atoms with E-state index >= 15 is 0 Å². The molecule has 4 fully saturated rings. The second-order valence-corrected chi connectivity index (χ2v) is 10.5. The van der Waals surface area contributed by atoms with Crippen LogP contribution in [0.5, 0.6) is 11.6 Å². The predicted octanol–water partition coefficient (Wildman–Crippen LogP) is 6.29. The van der Waals surface area contributed by atoms with E-state index in [1.54, 1.807) is 36.4 Å². The molecule has 4 saturated carbocycles. The number of benzene rings is 2. The number of carbonyl (C=O) groups excluding carboxylic acids is 1. The van der Waals surface area contributed by atoms with Gasteiger partial charge in [-0.15, -0.1) is 0 Å². The summed E-state index contributed by atoms with van der Waals surface area (Å²) in [7, 11) is 0. The molecule has 3 aromatic rings. The number of hydrogen-bond donors (Lipinski definition) is 2. The Bertz CT molecular complexity index is 1230. The van der Waals surface area contributed by atoms with Crippen LogP contribution in [0.3, 0.4) is 0 Å². The molecule has 6 nitrogen and oxygen atoms in total. The lowest BCUT2D eigenvalue weighted by Crippen LogP contribution is -2.48. The third-order valence-corrected chi connectivity index (χ3v) is 8.07. The monoisotopic (exact) mass is 468 g/mol. The molecule has 6 heteroatoms. The van der Waals surface area contributed by atoms with Gasteiger partial charge >= 0.3 is 5.97 Å². The first-order chi connectivity index (χ1) is 17.0.